The molecule has 0 bridgehead atoms. The van der Waals surface area contributed by atoms with Gasteiger partial charge in [-0.25, -0.2) is 0 Å². The molecule has 0 aromatic heterocycles. The van der Waals surface area contributed by atoms with Crippen LogP contribution in [-0.2, 0) is 11.3 Å². The fourth-order valence-corrected chi connectivity index (χ4v) is 2.77. The van der Waals surface area contributed by atoms with E-state index < -0.39 is 0 Å². The standard InChI is InChI=1S/C16H25NO/c1-18-13-15-9-6-10-16(11-15)17-12-14-7-4-2-3-5-8-14/h6,9-11,14,17H,2-5,7-8,12-13H2,1H3. The lowest BCUT2D eigenvalue weighted by Crippen LogP contribution is -2.13. The van der Waals surface area contributed by atoms with E-state index in [9.17, 15) is 0 Å². The maximum Gasteiger partial charge on any atom is 0.0713 e. The summed E-state index contributed by atoms with van der Waals surface area (Å²) in [4.78, 5) is 0. The highest BCUT2D eigenvalue weighted by Gasteiger charge is 2.11. The van der Waals surface area contributed by atoms with Crippen molar-refractivity contribution in [2.45, 2.75) is 45.1 Å². The molecule has 0 aliphatic heterocycles. The molecule has 18 heavy (non-hydrogen) atoms. The lowest BCUT2D eigenvalue weighted by molar-refractivity contribution is 0.185. The van der Waals surface area contributed by atoms with E-state index in [4.69, 9.17) is 4.74 Å². The average Bonchev–Trinajstić information content (AvgIpc) is 2.66. The van der Waals surface area contributed by atoms with Gasteiger partial charge in [0.1, 0.15) is 0 Å². The van der Waals surface area contributed by atoms with Crippen LogP contribution in [0.3, 0.4) is 0 Å². The molecule has 0 amide bonds. The highest BCUT2D eigenvalue weighted by Crippen LogP contribution is 2.23. The van der Waals surface area contributed by atoms with E-state index in [1.54, 1.807) is 7.11 Å². The summed E-state index contributed by atoms with van der Waals surface area (Å²) in [5.74, 6) is 0.860. The predicted octanol–water partition coefficient (Wildman–Crippen LogP) is 4.22. The zero-order valence-electron chi connectivity index (χ0n) is 11.5. The Hall–Kier alpha value is -1.02. The van der Waals surface area contributed by atoms with E-state index in [0.717, 1.165) is 12.5 Å². The number of hydrogen-bond acceptors (Lipinski definition) is 2. The molecule has 0 saturated heterocycles. The lowest BCUT2D eigenvalue weighted by Gasteiger charge is -2.16. The van der Waals surface area contributed by atoms with E-state index >= 15 is 0 Å². The summed E-state index contributed by atoms with van der Waals surface area (Å²) >= 11 is 0. The number of methoxy groups -OCH3 is 1. The van der Waals surface area contributed by atoms with Crippen LogP contribution < -0.4 is 5.32 Å². The monoisotopic (exact) mass is 247 g/mol. The zero-order valence-corrected chi connectivity index (χ0v) is 11.5. The third-order valence-electron chi connectivity index (χ3n) is 3.81. The minimum absolute atomic E-state index is 0.693. The largest absolute Gasteiger partial charge is 0.385 e. The third kappa shape index (κ3) is 4.34. The second kappa shape index (κ2) is 7.42. The molecule has 1 aliphatic carbocycles. The normalized spacial score (nSPS) is 17.4. The van der Waals surface area contributed by atoms with Crippen molar-refractivity contribution in [2.24, 2.45) is 5.92 Å². The first-order chi connectivity index (χ1) is 8.88. The maximum atomic E-state index is 5.17. The van der Waals surface area contributed by atoms with Gasteiger partial charge in [-0.2, -0.15) is 0 Å². The SMILES string of the molecule is COCc1cccc(NCC2CCCCCC2)c1. The van der Waals surface area contributed by atoms with E-state index in [1.807, 2.05) is 0 Å². The van der Waals surface area contributed by atoms with Crippen LogP contribution in [0.5, 0.6) is 0 Å². The zero-order chi connectivity index (χ0) is 12.6. The van der Waals surface area contributed by atoms with E-state index in [-0.39, 0.29) is 0 Å². The van der Waals surface area contributed by atoms with Crippen molar-refractivity contribution in [3.63, 3.8) is 0 Å². The molecule has 0 atom stereocenters. The topological polar surface area (TPSA) is 21.3 Å². The maximum absolute atomic E-state index is 5.17. The molecule has 1 saturated carbocycles. The van der Waals surface area contributed by atoms with Crippen LogP contribution in [0.4, 0.5) is 5.69 Å². The summed E-state index contributed by atoms with van der Waals surface area (Å²) in [5, 5.41) is 3.59. The molecular formula is C16H25NO. The number of anilines is 1. The van der Waals surface area contributed by atoms with Gasteiger partial charge in [-0.1, -0.05) is 37.8 Å². The van der Waals surface area contributed by atoms with Gasteiger partial charge in [-0.3, -0.25) is 0 Å². The quantitative estimate of drug-likeness (QED) is 0.787. The Morgan fingerprint density at radius 2 is 1.94 bits per heavy atom. The van der Waals surface area contributed by atoms with Crippen molar-refractivity contribution in [3.8, 4) is 0 Å². The van der Waals surface area contributed by atoms with Crippen LogP contribution in [0.1, 0.15) is 44.1 Å². The molecule has 100 valence electrons. The Labute approximate surface area is 111 Å². The van der Waals surface area contributed by atoms with Crippen LogP contribution in [0.2, 0.25) is 0 Å². The molecule has 0 radical (unpaired) electrons. The summed E-state index contributed by atoms with van der Waals surface area (Å²) in [6.45, 7) is 1.81. The summed E-state index contributed by atoms with van der Waals surface area (Å²) in [5.41, 5.74) is 2.47. The molecule has 1 fully saturated rings. The Morgan fingerprint density at radius 3 is 2.67 bits per heavy atom. The van der Waals surface area contributed by atoms with Crippen LogP contribution in [-0.4, -0.2) is 13.7 Å². The van der Waals surface area contributed by atoms with Crippen molar-refractivity contribution < 1.29 is 4.74 Å². The lowest BCUT2D eigenvalue weighted by atomic mass is 10.0. The number of rotatable bonds is 5. The van der Waals surface area contributed by atoms with Crippen molar-refractivity contribution in [2.75, 3.05) is 19.0 Å². The van der Waals surface area contributed by atoms with Crippen LogP contribution in [0.15, 0.2) is 24.3 Å². The summed E-state index contributed by atoms with van der Waals surface area (Å²) in [6.07, 6.45) is 8.47. The van der Waals surface area contributed by atoms with Gasteiger partial charge in [-0.05, 0) is 36.5 Å². The first-order valence-electron chi connectivity index (χ1n) is 7.20. The summed E-state index contributed by atoms with van der Waals surface area (Å²) in [7, 11) is 1.74. The van der Waals surface area contributed by atoms with Gasteiger partial charge < -0.3 is 10.1 Å². The fourth-order valence-electron chi connectivity index (χ4n) is 2.77. The summed E-state index contributed by atoms with van der Waals surface area (Å²) < 4.78 is 5.17. The van der Waals surface area contributed by atoms with Crippen LogP contribution in [0, 0.1) is 5.92 Å². The Kier molecular flexibility index (Phi) is 5.53. The molecule has 2 heteroatoms. The van der Waals surface area contributed by atoms with Gasteiger partial charge >= 0.3 is 0 Å². The third-order valence-corrected chi connectivity index (χ3v) is 3.81. The molecule has 0 unspecified atom stereocenters. The van der Waals surface area contributed by atoms with Gasteiger partial charge in [0, 0.05) is 19.3 Å². The first-order valence-corrected chi connectivity index (χ1v) is 7.20. The average molecular weight is 247 g/mol. The second-order valence-electron chi connectivity index (χ2n) is 5.37. The number of ether oxygens (including phenoxy) is 1. The number of benzene rings is 1. The van der Waals surface area contributed by atoms with E-state index in [2.05, 4.69) is 29.6 Å². The van der Waals surface area contributed by atoms with Gasteiger partial charge in [0.15, 0.2) is 0 Å². The molecule has 2 rings (SSSR count). The van der Waals surface area contributed by atoms with E-state index in [1.165, 1.54) is 49.8 Å². The van der Waals surface area contributed by atoms with Crippen molar-refractivity contribution in [1.82, 2.24) is 0 Å². The molecule has 0 spiro atoms. The minimum Gasteiger partial charge on any atom is -0.385 e. The van der Waals surface area contributed by atoms with Crippen LogP contribution in [0.25, 0.3) is 0 Å². The van der Waals surface area contributed by atoms with E-state index in [0.29, 0.717) is 6.61 Å². The summed E-state index contributed by atoms with van der Waals surface area (Å²) in [6, 6.07) is 8.56. The first kappa shape index (κ1) is 13.4. The van der Waals surface area contributed by atoms with Crippen molar-refractivity contribution >= 4 is 5.69 Å². The van der Waals surface area contributed by atoms with Crippen LogP contribution >= 0.6 is 0 Å². The highest BCUT2D eigenvalue weighted by atomic mass is 16.5. The molecule has 0 heterocycles. The molecule has 1 aliphatic rings. The Morgan fingerprint density at radius 1 is 1.17 bits per heavy atom. The van der Waals surface area contributed by atoms with Gasteiger partial charge in [-0.15, -0.1) is 0 Å². The van der Waals surface area contributed by atoms with Crippen molar-refractivity contribution in [1.29, 1.82) is 0 Å². The smallest absolute Gasteiger partial charge is 0.0713 e. The second-order valence-corrected chi connectivity index (χ2v) is 5.37. The number of nitrogens with one attached hydrogen (secondary N) is 1. The minimum atomic E-state index is 0.693. The molecule has 1 aromatic carbocycles. The predicted molar refractivity (Wildman–Crippen MR) is 76.8 cm³/mol. The molecule has 1 aromatic rings. The Balaban J connectivity index is 1.83. The van der Waals surface area contributed by atoms with Gasteiger partial charge in [0.05, 0.1) is 6.61 Å². The highest BCUT2D eigenvalue weighted by molar-refractivity contribution is 5.45. The van der Waals surface area contributed by atoms with Gasteiger partial charge in [0.25, 0.3) is 0 Å². The molecule has 1 N–H and O–H groups in total. The Bertz CT molecular complexity index is 343. The molecular weight excluding hydrogens is 222 g/mol. The molecule has 2 nitrogen and oxygen atoms in total. The number of hydrogen-bond donors (Lipinski definition) is 1. The fraction of sp³-hybridized carbons (Fsp3) is 0.625. The van der Waals surface area contributed by atoms with Gasteiger partial charge in [0.2, 0.25) is 0 Å². The van der Waals surface area contributed by atoms with Crippen molar-refractivity contribution in [3.05, 3.63) is 29.8 Å².